The zero-order chi connectivity index (χ0) is 36.2. The molecular weight excluding hydrogens is 647 g/mol. The lowest BCUT2D eigenvalue weighted by molar-refractivity contribution is 0.769. The molecule has 0 atom stereocenters. The molecule has 0 unspecified atom stereocenters. The predicted octanol–water partition coefficient (Wildman–Crippen LogP) is 11.2. The molecular formula is C53H39B. The van der Waals surface area contributed by atoms with Crippen molar-refractivity contribution in [1.82, 2.24) is 0 Å². The van der Waals surface area contributed by atoms with E-state index in [0.717, 1.165) is 0 Å². The molecule has 0 amide bonds. The van der Waals surface area contributed by atoms with Gasteiger partial charge in [-0.05, 0) is 86.0 Å². The molecule has 10 rings (SSSR count). The van der Waals surface area contributed by atoms with E-state index < -0.39 is 5.41 Å². The maximum atomic E-state index is 2.46. The predicted molar refractivity (Wildman–Crippen MR) is 231 cm³/mol. The fourth-order valence-corrected chi connectivity index (χ4v) is 9.59. The molecule has 0 saturated carbocycles. The van der Waals surface area contributed by atoms with Crippen molar-refractivity contribution in [1.29, 1.82) is 0 Å². The number of hydrogen-bond donors (Lipinski definition) is 0. The monoisotopic (exact) mass is 686 g/mol. The van der Waals surface area contributed by atoms with Crippen molar-refractivity contribution >= 4 is 44.6 Å². The first-order chi connectivity index (χ1) is 26.6. The summed E-state index contributed by atoms with van der Waals surface area (Å²) in [5.74, 6) is 0. The van der Waals surface area contributed by atoms with Crippen LogP contribution in [0.25, 0.3) is 43.8 Å². The van der Waals surface area contributed by atoms with Gasteiger partial charge in [-0.3, -0.25) is 0 Å². The van der Waals surface area contributed by atoms with Gasteiger partial charge in [-0.1, -0.05) is 222 Å². The Balaban J connectivity index is 1.21. The van der Waals surface area contributed by atoms with Gasteiger partial charge in [0.25, 0.3) is 0 Å². The first kappa shape index (κ1) is 32.2. The maximum Gasteiger partial charge on any atom is 0.243 e. The zero-order valence-corrected chi connectivity index (χ0v) is 30.6. The highest BCUT2D eigenvalue weighted by atomic mass is 14.5. The van der Waals surface area contributed by atoms with Crippen LogP contribution < -0.4 is 16.4 Å². The molecule has 0 radical (unpaired) electrons. The average molecular weight is 687 g/mol. The minimum Gasteiger partial charge on any atom is -0.0680 e. The number of aryl methyl sites for hydroxylation is 2. The molecule has 54 heavy (non-hydrogen) atoms. The third-order valence-electron chi connectivity index (χ3n) is 12.0. The van der Waals surface area contributed by atoms with Gasteiger partial charge in [0.05, 0.1) is 5.41 Å². The van der Waals surface area contributed by atoms with E-state index in [-0.39, 0.29) is 6.71 Å². The second-order valence-electron chi connectivity index (χ2n) is 14.9. The first-order valence-corrected chi connectivity index (χ1v) is 19.1. The summed E-state index contributed by atoms with van der Waals surface area (Å²) in [4.78, 5) is 0. The number of benzene rings is 9. The second kappa shape index (κ2) is 12.9. The summed E-state index contributed by atoms with van der Waals surface area (Å²) < 4.78 is 0. The smallest absolute Gasteiger partial charge is 0.0680 e. The number of rotatable bonds is 6. The Morgan fingerprint density at radius 1 is 0.370 bits per heavy atom. The van der Waals surface area contributed by atoms with Crippen molar-refractivity contribution in [3.8, 4) is 22.3 Å². The summed E-state index contributed by atoms with van der Waals surface area (Å²) in [6.45, 7) is 4.60. The first-order valence-electron chi connectivity index (χ1n) is 19.1. The van der Waals surface area contributed by atoms with Crippen molar-refractivity contribution in [3.63, 3.8) is 0 Å². The number of fused-ring (bicyclic) bond motifs is 5. The van der Waals surface area contributed by atoms with Gasteiger partial charge in [-0.15, -0.1) is 0 Å². The van der Waals surface area contributed by atoms with Crippen LogP contribution in [0.5, 0.6) is 0 Å². The van der Waals surface area contributed by atoms with Crippen LogP contribution in [0, 0.1) is 13.8 Å². The minimum atomic E-state index is -0.440. The van der Waals surface area contributed by atoms with E-state index in [0.29, 0.717) is 0 Å². The van der Waals surface area contributed by atoms with E-state index in [2.05, 4.69) is 214 Å². The van der Waals surface area contributed by atoms with Gasteiger partial charge in [-0.2, -0.15) is 0 Å². The van der Waals surface area contributed by atoms with Crippen LogP contribution in [0.1, 0.15) is 33.4 Å². The lowest BCUT2D eigenvalue weighted by atomic mass is 9.34. The van der Waals surface area contributed by atoms with Crippen molar-refractivity contribution in [2.75, 3.05) is 0 Å². The van der Waals surface area contributed by atoms with Gasteiger partial charge in [0.1, 0.15) is 0 Å². The van der Waals surface area contributed by atoms with Crippen LogP contribution in [-0.4, -0.2) is 6.71 Å². The molecule has 254 valence electrons. The zero-order valence-electron chi connectivity index (χ0n) is 30.6. The van der Waals surface area contributed by atoms with E-state index in [4.69, 9.17) is 0 Å². The van der Waals surface area contributed by atoms with E-state index in [1.54, 1.807) is 0 Å². The molecule has 0 saturated heterocycles. The van der Waals surface area contributed by atoms with Crippen molar-refractivity contribution in [3.05, 3.63) is 234 Å². The third kappa shape index (κ3) is 4.92. The highest BCUT2D eigenvalue weighted by Gasteiger charge is 2.45. The Morgan fingerprint density at radius 3 is 1.46 bits per heavy atom. The summed E-state index contributed by atoms with van der Waals surface area (Å²) in [7, 11) is 0. The second-order valence-corrected chi connectivity index (χ2v) is 14.9. The molecule has 1 aliphatic rings. The van der Waals surface area contributed by atoms with Crippen LogP contribution in [0.2, 0.25) is 0 Å². The van der Waals surface area contributed by atoms with Gasteiger partial charge in [0.2, 0.25) is 6.71 Å². The van der Waals surface area contributed by atoms with Crippen molar-refractivity contribution in [2.45, 2.75) is 19.3 Å². The van der Waals surface area contributed by atoms with Crippen LogP contribution in [0.3, 0.4) is 0 Å². The normalized spacial score (nSPS) is 12.8. The molecule has 0 heterocycles. The molecule has 0 bridgehead atoms. The Hall–Kier alpha value is -6.44. The topological polar surface area (TPSA) is 0 Å². The molecule has 1 heteroatoms. The van der Waals surface area contributed by atoms with E-state index in [1.165, 1.54) is 93.6 Å². The largest absolute Gasteiger partial charge is 0.243 e. The van der Waals surface area contributed by atoms with Gasteiger partial charge in [0.15, 0.2) is 0 Å². The van der Waals surface area contributed by atoms with Crippen LogP contribution in [-0.2, 0) is 5.41 Å². The quantitative estimate of drug-likeness (QED) is 0.153. The van der Waals surface area contributed by atoms with E-state index >= 15 is 0 Å². The van der Waals surface area contributed by atoms with Crippen molar-refractivity contribution in [2.24, 2.45) is 0 Å². The minimum absolute atomic E-state index is 0.0366. The fraction of sp³-hybridized carbons (Fsp3) is 0.0566. The highest BCUT2D eigenvalue weighted by molar-refractivity contribution is 6.98. The van der Waals surface area contributed by atoms with Crippen LogP contribution in [0.4, 0.5) is 0 Å². The Bertz CT molecular complexity index is 2730. The average Bonchev–Trinajstić information content (AvgIpc) is 3.54. The van der Waals surface area contributed by atoms with Gasteiger partial charge in [0, 0.05) is 0 Å². The van der Waals surface area contributed by atoms with E-state index in [1.807, 2.05) is 0 Å². The SMILES string of the molecule is Cc1ccc2ccccc2c1B(c1cccc(-c2cccc(C3(c4ccccc4)c4ccccc4-c4ccccc43)c2)c1)c1c(C)ccc2ccccc12. The summed E-state index contributed by atoms with van der Waals surface area (Å²) in [6.07, 6.45) is 0. The van der Waals surface area contributed by atoms with E-state index in [9.17, 15) is 0 Å². The molecule has 1 aliphatic carbocycles. The van der Waals surface area contributed by atoms with Gasteiger partial charge in [-0.25, -0.2) is 0 Å². The lowest BCUT2D eigenvalue weighted by Gasteiger charge is -2.34. The van der Waals surface area contributed by atoms with Crippen molar-refractivity contribution < 1.29 is 0 Å². The summed E-state index contributed by atoms with van der Waals surface area (Å²) in [5, 5.41) is 5.16. The third-order valence-corrected chi connectivity index (χ3v) is 12.0. The Morgan fingerprint density at radius 2 is 0.852 bits per heavy atom. The maximum absolute atomic E-state index is 2.46. The molecule has 0 spiro atoms. The molecule has 0 nitrogen and oxygen atoms in total. The summed E-state index contributed by atoms with van der Waals surface area (Å²) in [6, 6.07) is 74.6. The lowest BCUT2D eigenvalue weighted by Crippen LogP contribution is -2.54. The molecule has 9 aromatic carbocycles. The Kier molecular flexibility index (Phi) is 7.70. The molecule has 0 aromatic heterocycles. The molecule has 0 fully saturated rings. The highest BCUT2D eigenvalue weighted by Crippen LogP contribution is 2.56. The van der Waals surface area contributed by atoms with Crippen LogP contribution >= 0.6 is 0 Å². The Labute approximate surface area is 318 Å². The van der Waals surface area contributed by atoms with Gasteiger partial charge >= 0.3 is 0 Å². The molecule has 0 aliphatic heterocycles. The summed E-state index contributed by atoms with van der Waals surface area (Å²) >= 11 is 0. The summed E-state index contributed by atoms with van der Waals surface area (Å²) in [5.41, 5.74) is 16.5. The fourth-order valence-electron chi connectivity index (χ4n) is 9.59. The number of hydrogen-bond acceptors (Lipinski definition) is 0. The molecule has 9 aromatic rings. The standard InChI is InChI=1S/C53H39B/c1-36-30-32-38-16-6-8-24-45(38)51(36)54(52-37(2)31-33-39-17-7-9-25-46(39)52)44-23-15-19-41(35-44)40-18-14-22-43(34-40)53(42-20-4-3-5-21-42)49-28-12-10-26-47(49)48-27-11-13-29-50(48)53/h3-35H,1-2H3. The van der Waals surface area contributed by atoms with Gasteiger partial charge < -0.3 is 0 Å². The van der Waals surface area contributed by atoms with Crippen LogP contribution in [0.15, 0.2) is 200 Å². The molecule has 0 N–H and O–H groups in total.